The Hall–Kier alpha value is 5.59. The Morgan fingerprint density at radius 1 is 0.528 bits per heavy atom. The topological polar surface area (TPSA) is 229 Å². The van der Waals surface area contributed by atoms with Gasteiger partial charge in [-0.15, -0.1) is 0 Å². The zero-order chi connectivity index (χ0) is 25.2. The van der Waals surface area contributed by atoms with Crippen molar-refractivity contribution in [1.29, 1.82) is 0 Å². The van der Waals surface area contributed by atoms with Crippen LogP contribution in [0, 0.1) is 13.8 Å². The van der Waals surface area contributed by atoms with Gasteiger partial charge in [0.25, 0.3) is 0 Å². The minimum atomic E-state index is -5.44. The maximum Gasteiger partial charge on any atom is 1.00 e. The Kier molecular flexibility index (Phi) is 21.4. The van der Waals surface area contributed by atoms with Crippen molar-refractivity contribution in [3.8, 4) is 11.1 Å². The summed E-state index contributed by atoms with van der Waals surface area (Å²) >= 11 is 5.15. The van der Waals surface area contributed by atoms with Crippen molar-refractivity contribution in [1.82, 2.24) is 0 Å². The SMILES string of the molecule is Cc1c(-c2cc(S(=O)(=O)[O-])c(Br)c(S(=O)(=O)[O-])c2C)cc(S(=O)(=O)[O-])c(Br)c1S(=O)(=O)[O-].[K+].[K+].[K+].[K+]. The normalized spacial score (nSPS) is 11.9. The molecule has 0 fully saturated rings. The van der Waals surface area contributed by atoms with Gasteiger partial charge in [-0.3, -0.25) is 0 Å². The van der Waals surface area contributed by atoms with Crippen LogP contribution in [-0.2, 0) is 40.5 Å². The molecule has 2 aromatic carbocycles. The molecule has 178 valence electrons. The summed E-state index contributed by atoms with van der Waals surface area (Å²) in [6.45, 7) is 1.95. The maximum atomic E-state index is 11.7. The smallest absolute Gasteiger partial charge is 0.744 e. The summed E-state index contributed by atoms with van der Waals surface area (Å²) in [6.07, 6.45) is 0. The molecule has 0 bridgehead atoms. The van der Waals surface area contributed by atoms with Gasteiger partial charge in [0.2, 0.25) is 0 Å². The average molecular weight is 813 g/mol. The molecule has 0 unspecified atom stereocenters. The van der Waals surface area contributed by atoms with E-state index in [0.717, 1.165) is 13.8 Å². The van der Waals surface area contributed by atoms with Gasteiger partial charge in [0.05, 0.1) is 28.5 Å². The molecular formula is C14H8Br2K4O12S4. The Labute approximate surface area is 395 Å². The molecule has 2 aromatic rings. The fraction of sp³-hybridized carbons (Fsp3) is 0.143. The first-order chi connectivity index (χ1) is 14.1. The standard InChI is InChI=1S/C14H12Br2O12S4.4K/c1-5-7(3-9(29(17,18)19)11(15)13(5)31(23,24)25)8-4-10(30(20,21)22)12(16)14(6(8)2)32(26,27)28;;;;/h3-4H,1-2H3,(H,17,18,19)(H,20,21,22)(H,23,24,25)(H,26,27,28);;;;/q;4*+1/p-4. The van der Waals surface area contributed by atoms with Gasteiger partial charge in [-0.2, -0.15) is 0 Å². The van der Waals surface area contributed by atoms with Crippen LogP contribution >= 0.6 is 31.9 Å². The van der Waals surface area contributed by atoms with Crippen molar-refractivity contribution in [2.24, 2.45) is 0 Å². The van der Waals surface area contributed by atoms with Gasteiger partial charge in [-0.05, 0) is 80.1 Å². The molecule has 0 amide bonds. The first kappa shape index (κ1) is 46.0. The van der Waals surface area contributed by atoms with Crippen LogP contribution in [0.2, 0.25) is 0 Å². The summed E-state index contributed by atoms with van der Waals surface area (Å²) in [5.41, 5.74) is -2.24. The van der Waals surface area contributed by atoms with Gasteiger partial charge in [-0.1, -0.05) is 0 Å². The van der Waals surface area contributed by atoms with E-state index in [1.807, 2.05) is 0 Å². The molecule has 0 saturated heterocycles. The fourth-order valence-electron chi connectivity index (χ4n) is 2.92. The summed E-state index contributed by atoms with van der Waals surface area (Å²) in [7, 11) is -21.8. The second-order valence-electron chi connectivity index (χ2n) is 6.20. The van der Waals surface area contributed by atoms with E-state index in [4.69, 9.17) is 0 Å². The molecule has 36 heavy (non-hydrogen) atoms. The van der Waals surface area contributed by atoms with Crippen molar-refractivity contribution in [2.45, 2.75) is 33.4 Å². The van der Waals surface area contributed by atoms with Crippen LogP contribution < -0.4 is 206 Å². The van der Waals surface area contributed by atoms with Crippen LogP contribution in [0.4, 0.5) is 0 Å². The Bertz CT molecular complexity index is 1490. The average Bonchev–Trinajstić information content (AvgIpc) is 2.51. The van der Waals surface area contributed by atoms with E-state index >= 15 is 0 Å². The van der Waals surface area contributed by atoms with Crippen molar-refractivity contribution in [2.75, 3.05) is 0 Å². The van der Waals surface area contributed by atoms with Gasteiger partial charge in [0.1, 0.15) is 40.5 Å². The zero-order valence-electron chi connectivity index (χ0n) is 19.4. The van der Waals surface area contributed by atoms with E-state index in [0.29, 0.717) is 12.1 Å². The minimum Gasteiger partial charge on any atom is -0.744 e. The summed E-state index contributed by atoms with van der Waals surface area (Å²) < 4.78 is 139. The van der Waals surface area contributed by atoms with Crippen molar-refractivity contribution >= 4 is 72.3 Å². The largest absolute Gasteiger partial charge is 1.00 e. The monoisotopic (exact) mass is 810 g/mol. The molecule has 0 aliphatic carbocycles. The number of rotatable bonds is 5. The fourth-order valence-corrected chi connectivity index (χ4v) is 9.05. The second kappa shape index (κ2) is 16.8. The molecule has 12 nitrogen and oxygen atoms in total. The van der Waals surface area contributed by atoms with Crippen molar-refractivity contribution < 1.29 is 257 Å². The van der Waals surface area contributed by atoms with Gasteiger partial charge in [0, 0.05) is 0 Å². The second-order valence-corrected chi connectivity index (χ2v) is 13.1. The number of hydrogen-bond acceptors (Lipinski definition) is 12. The van der Waals surface area contributed by atoms with Gasteiger partial charge in [0.15, 0.2) is 0 Å². The third-order valence-electron chi connectivity index (χ3n) is 4.20. The maximum absolute atomic E-state index is 11.7. The van der Waals surface area contributed by atoms with E-state index in [1.54, 1.807) is 0 Å². The molecular weight excluding hydrogens is 805 g/mol. The third-order valence-corrected chi connectivity index (χ3v) is 10.6. The summed E-state index contributed by atoms with van der Waals surface area (Å²) in [5, 5.41) is 0. The van der Waals surface area contributed by atoms with E-state index in [-0.39, 0.29) is 206 Å². The zero-order valence-corrected chi connectivity index (χ0v) is 38.4. The number of benzene rings is 2. The molecule has 22 heteroatoms. The molecule has 2 rings (SSSR count). The Morgan fingerprint density at radius 2 is 0.750 bits per heavy atom. The summed E-state index contributed by atoms with van der Waals surface area (Å²) in [6, 6.07) is 1.10. The molecule has 0 N–H and O–H groups in total. The first-order valence-corrected chi connectivity index (χ1v) is 14.8. The van der Waals surface area contributed by atoms with Crippen LogP contribution in [0.15, 0.2) is 40.7 Å². The predicted octanol–water partition coefficient (Wildman–Crippen LogP) is -10.9. The molecule has 0 aliphatic heterocycles. The molecule has 0 radical (unpaired) electrons. The van der Waals surface area contributed by atoms with E-state index < -0.39 is 91.3 Å². The van der Waals surface area contributed by atoms with E-state index in [1.165, 1.54) is 0 Å². The molecule has 0 atom stereocenters. The molecule has 0 spiro atoms. The van der Waals surface area contributed by atoms with Gasteiger partial charge in [-0.25, -0.2) is 33.7 Å². The Morgan fingerprint density at radius 3 is 0.917 bits per heavy atom. The first-order valence-electron chi connectivity index (χ1n) is 7.60. The van der Waals surface area contributed by atoms with Crippen LogP contribution in [0.25, 0.3) is 11.1 Å². The third kappa shape index (κ3) is 10.9. The van der Waals surface area contributed by atoms with Gasteiger partial charge >= 0.3 is 206 Å². The molecule has 0 heterocycles. The summed E-state index contributed by atoms with van der Waals surface area (Å²) in [5.74, 6) is 0. The van der Waals surface area contributed by atoms with Crippen LogP contribution in [-0.4, -0.2) is 51.9 Å². The van der Waals surface area contributed by atoms with Crippen molar-refractivity contribution in [3.63, 3.8) is 0 Å². The molecule has 0 aliphatic rings. The minimum absolute atomic E-state index is 0. The Balaban J connectivity index is -0.00000272. The molecule has 0 saturated carbocycles. The van der Waals surface area contributed by atoms with Crippen LogP contribution in [0.5, 0.6) is 0 Å². The van der Waals surface area contributed by atoms with Crippen LogP contribution in [0.1, 0.15) is 11.1 Å². The number of hydrogen-bond donors (Lipinski definition) is 0. The van der Waals surface area contributed by atoms with E-state index in [9.17, 15) is 51.9 Å². The molecule has 0 aromatic heterocycles. The van der Waals surface area contributed by atoms with Crippen molar-refractivity contribution in [3.05, 3.63) is 32.2 Å². The van der Waals surface area contributed by atoms with Gasteiger partial charge < -0.3 is 18.2 Å². The van der Waals surface area contributed by atoms with E-state index in [2.05, 4.69) is 31.9 Å². The van der Waals surface area contributed by atoms with Crippen LogP contribution in [0.3, 0.4) is 0 Å². The summed E-state index contributed by atoms with van der Waals surface area (Å²) in [4.78, 5) is -4.89. The quantitative estimate of drug-likeness (QED) is 0.203. The number of halogens is 2. The predicted molar refractivity (Wildman–Crippen MR) is 109 cm³/mol.